The highest BCUT2D eigenvalue weighted by Gasteiger charge is 2.41. The molecule has 9 heteroatoms. The molecular formula is C15H15ClF2N4O2. The molecule has 0 saturated heterocycles. The third kappa shape index (κ3) is 3.38. The minimum absolute atomic E-state index is 0.0223. The molecule has 2 atom stereocenters. The Balaban J connectivity index is 1.92. The molecule has 1 saturated carbocycles. The molecule has 0 bridgehead atoms. The molecular weight excluding hydrogens is 342 g/mol. The zero-order valence-electron chi connectivity index (χ0n) is 13.0. The lowest BCUT2D eigenvalue weighted by Gasteiger charge is -2.09. The van der Waals surface area contributed by atoms with Crippen molar-refractivity contribution in [2.45, 2.75) is 25.2 Å². The summed E-state index contributed by atoms with van der Waals surface area (Å²) < 4.78 is 35.2. The number of hydrogen-bond acceptors (Lipinski definition) is 6. The molecule has 0 spiro atoms. The van der Waals surface area contributed by atoms with Gasteiger partial charge in [-0.25, -0.2) is 13.8 Å². The molecule has 0 aliphatic heterocycles. The van der Waals surface area contributed by atoms with Gasteiger partial charge in [0.05, 0.1) is 19.8 Å². The standard InChI is InChI=1S/C15H15ClF2N4O2/c1-23-14-10(6-19-15(20-14)24-2)11-5-9(13(16)22-21-11)8-3-7(8)4-12(17)18/h5-8,12H,3-4H2,1-2H3/t7-,8+/m1/s1. The van der Waals surface area contributed by atoms with Crippen molar-refractivity contribution in [3.05, 3.63) is 23.0 Å². The Morgan fingerprint density at radius 3 is 2.75 bits per heavy atom. The summed E-state index contributed by atoms with van der Waals surface area (Å²) >= 11 is 6.10. The van der Waals surface area contributed by atoms with Crippen LogP contribution in [-0.4, -0.2) is 40.8 Å². The molecule has 0 N–H and O–H groups in total. The summed E-state index contributed by atoms with van der Waals surface area (Å²) in [5.41, 5.74) is 1.71. The number of hydrogen-bond donors (Lipinski definition) is 0. The van der Waals surface area contributed by atoms with Crippen LogP contribution in [0.25, 0.3) is 11.3 Å². The second-order valence-electron chi connectivity index (χ2n) is 5.48. The van der Waals surface area contributed by atoms with E-state index < -0.39 is 6.43 Å². The van der Waals surface area contributed by atoms with E-state index >= 15 is 0 Å². The van der Waals surface area contributed by atoms with Crippen LogP contribution in [0, 0.1) is 5.92 Å². The van der Waals surface area contributed by atoms with Crippen LogP contribution in [0.2, 0.25) is 5.15 Å². The van der Waals surface area contributed by atoms with Crippen molar-refractivity contribution in [1.82, 2.24) is 20.2 Å². The minimum Gasteiger partial charge on any atom is -0.480 e. The van der Waals surface area contributed by atoms with Gasteiger partial charge in [-0.3, -0.25) is 0 Å². The summed E-state index contributed by atoms with van der Waals surface area (Å²) in [7, 11) is 2.92. The molecule has 0 unspecified atom stereocenters. The highest BCUT2D eigenvalue weighted by atomic mass is 35.5. The van der Waals surface area contributed by atoms with Crippen LogP contribution in [0.1, 0.15) is 24.3 Å². The number of alkyl halides is 2. The van der Waals surface area contributed by atoms with E-state index in [4.69, 9.17) is 21.1 Å². The normalized spacial score (nSPS) is 19.4. The lowest BCUT2D eigenvalue weighted by Crippen LogP contribution is -2.01. The van der Waals surface area contributed by atoms with Crippen LogP contribution < -0.4 is 9.47 Å². The number of halogens is 3. The average Bonchev–Trinajstić information content (AvgIpc) is 3.32. The molecule has 3 rings (SSSR count). The number of ether oxygens (including phenoxy) is 2. The van der Waals surface area contributed by atoms with Crippen LogP contribution in [0.3, 0.4) is 0 Å². The summed E-state index contributed by atoms with van der Waals surface area (Å²) in [4.78, 5) is 8.13. The van der Waals surface area contributed by atoms with Crippen molar-refractivity contribution in [2.24, 2.45) is 5.92 Å². The second kappa shape index (κ2) is 6.80. The average molecular weight is 357 g/mol. The van der Waals surface area contributed by atoms with Gasteiger partial charge in [-0.05, 0) is 29.9 Å². The summed E-state index contributed by atoms with van der Waals surface area (Å²) in [6, 6.07) is 1.90. The molecule has 24 heavy (non-hydrogen) atoms. The van der Waals surface area contributed by atoms with Crippen LogP contribution in [-0.2, 0) is 0 Å². The van der Waals surface area contributed by atoms with Gasteiger partial charge >= 0.3 is 6.01 Å². The molecule has 128 valence electrons. The molecule has 2 aromatic rings. The molecule has 0 radical (unpaired) electrons. The molecule has 2 heterocycles. The maximum Gasteiger partial charge on any atom is 0.319 e. The number of aromatic nitrogens is 4. The first-order chi connectivity index (χ1) is 11.5. The Hall–Kier alpha value is -2.09. The van der Waals surface area contributed by atoms with Gasteiger partial charge in [-0.1, -0.05) is 11.6 Å². The van der Waals surface area contributed by atoms with Gasteiger partial charge in [0.25, 0.3) is 0 Å². The Labute approximate surface area is 142 Å². The number of methoxy groups -OCH3 is 2. The first-order valence-corrected chi connectivity index (χ1v) is 7.68. The van der Waals surface area contributed by atoms with Crippen LogP contribution in [0.5, 0.6) is 11.9 Å². The van der Waals surface area contributed by atoms with Gasteiger partial charge in [-0.15, -0.1) is 10.2 Å². The molecule has 6 nitrogen and oxygen atoms in total. The van der Waals surface area contributed by atoms with E-state index in [0.717, 1.165) is 0 Å². The van der Waals surface area contributed by atoms with Gasteiger partial charge in [0.2, 0.25) is 12.3 Å². The summed E-state index contributed by atoms with van der Waals surface area (Å²) in [6.45, 7) is 0. The van der Waals surface area contributed by atoms with Crippen molar-refractivity contribution in [3.63, 3.8) is 0 Å². The van der Waals surface area contributed by atoms with Crippen LogP contribution in [0.4, 0.5) is 8.78 Å². The van der Waals surface area contributed by atoms with E-state index in [0.29, 0.717) is 23.2 Å². The van der Waals surface area contributed by atoms with Gasteiger partial charge in [0.15, 0.2) is 5.15 Å². The Kier molecular flexibility index (Phi) is 4.75. The van der Waals surface area contributed by atoms with E-state index in [-0.39, 0.29) is 35.3 Å². The highest BCUT2D eigenvalue weighted by Crippen LogP contribution is 2.52. The maximum atomic E-state index is 12.5. The van der Waals surface area contributed by atoms with E-state index in [2.05, 4.69) is 20.2 Å². The van der Waals surface area contributed by atoms with Gasteiger partial charge in [0, 0.05) is 12.6 Å². The molecule has 0 aromatic carbocycles. The lowest BCUT2D eigenvalue weighted by atomic mass is 10.1. The van der Waals surface area contributed by atoms with Crippen molar-refractivity contribution in [3.8, 4) is 23.1 Å². The van der Waals surface area contributed by atoms with E-state index in [1.807, 2.05) is 0 Å². The fourth-order valence-corrected chi connectivity index (χ4v) is 2.91. The Morgan fingerprint density at radius 2 is 2.08 bits per heavy atom. The minimum atomic E-state index is -2.32. The smallest absolute Gasteiger partial charge is 0.319 e. The summed E-state index contributed by atoms with van der Waals surface area (Å²) in [5, 5.41) is 8.20. The van der Waals surface area contributed by atoms with Gasteiger partial charge in [-0.2, -0.15) is 4.98 Å². The first kappa shape index (κ1) is 16.8. The van der Waals surface area contributed by atoms with Crippen molar-refractivity contribution in [1.29, 1.82) is 0 Å². The van der Waals surface area contributed by atoms with Crippen molar-refractivity contribution >= 4 is 11.6 Å². The van der Waals surface area contributed by atoms with Crippen LogP contribution >= 0.6 is 11.6 Å². The zero-order chi connectivity index (χ0) is 17.3. The van der Waals surface area contributed by atoms with Gasteiger partial charge < -0.3 is 9.47 Å². The third-order valence-corrected chi connectivity index (χ3v) is 4.26. The second-order valence-corrected chi connectivity index (χ2v) is 5.84. The first-order valence-electron chi connectivity index (χ1n) is 7.30. The van der Waals surface area contributed by atoms with Gasteiger partial charge in [0.1, 0.15) is 5.69 Å². The molecule has 0 amide bonds. The topological polar surface area (TPSA) is 70.0 Å². The quantitative estimate of drug-likeness (QED) is 0.790. The van der Waals surface area contributed by atoms with Crippen molar-refractivity contribution < 1.29 is 18.3 Å². The fourth-order valence-electron chi connectivity index (χ4n) is 2.68. The predicted octanol–water partition coefficient (Wildman–Crippen LogP) is 3.36. The van der Waals surface area contributed by atoms with E-state index in [1.54, 1.807) is 6.07 Å². The number of rotatable bonds is 6. The SMILES string of the molecule is COc1ncc(-c2cc([C@H]3C[C@@H]3CC(F)F)c(Cl)nn2)c(OC)n1. The van der Waals surface area contributed by atoms with E-state index in [9.17, 15) is 8.78 Å². The predicted molar refractivity (Wildman–Crippen MR) is 82.6 cm³/mol. The molecule has 1 aliphatic carbocycles. The number of nitrogens with zero attached hydrogens (tertiary/aromatic N) is 4. The van der Waals surface area contributed by atoms with Crippen LogP contribution in [0.15, 0.2) is 12.3 Å². The molecule has 2 aromatic heterocycles. The lowest BCUT2D eigenvalue weighted by molar-refractivity contribution is 0.129. The fraction of sp³-hybridized carbons (Fsp3) is 0.467. The largest absolute Gasteiger partial charge is 0.480 e. The van der Waals surface area contributed by atoms with Crippen molar-refractivity contribution in [2.75, 3.05) is 14.2 Å². The Bertz CT molecular complexity index is 747. The highest BCUT2D eigenvalue weighted by molar-refractivity contribution is 6.30. The molecule has 1 aliphatic rings. The summed E-state index contributed by atoms with van der Waals surface area (Å²) in [6.07, 6.45) is -0.266. The monoisotopic (exact) mass is 356 g/mol. The third-order valence-electron chi connectivity index (χ3n) is 3.96. The van der Waals surface area contributed by atoms with E-state index in [1.165, 1.54) is 20.4 Å². The zero-order valence-corrected chi connectivity index (χ0v) is 13.8. The summed E-state index contributed by atoms with van der Waals surface area (Å²) in [5.74, 6) is 0.184. The Morgan fingerprint density at radius 1 is 1.29 bits per heavy atom. The molecule has 1 fully saturated rings. The maximum absolute atomic E-state index is 12.5.